The van der Waals surface area contributed by atoms with E-state index in [1.165, 1.54) is 4.88 Å². The SMILES string of the molecule is CCN(CC)CCNC(CO)c1ccc(Br)s1. The maximum absolute atomic E-state index is 9.38. The molecule has 0 bridgehead atoms. The quantitative estimate of drug-likeness (QED) is 0.772. The summed E-state index contributed by atoms with van der Waals surface area (Å²) < 4.78 is 1.11. The monoisotopic (exact) mass is 320 g/mol. The Balaban J connectivity index is 2.38. The predicted octanol–water partition coefficient (Wildman–Crippen LogP) is 2.48. The number of aliphatic hydroxyl groups is 1. The summed E-state index contributed by atoms with van der Waals surface area (Å²) in [6, 6.07) is 4.14. The summed E-state index contributed by atoms with van der Waals surface area (Å²) in [6.07, 6.45) is 0. The van der Waals surface area contributed by atoms with E-state index < -0.39 is 0 Å². The van der Waals surface area contributed by atoms with Crippen LogP contribution in [0.5, 0.6) is 0 Å². The Bertz CT molecular complexity index is 315. The van der Waals surface area contributed by atoms with Crippen LogP contribution in [0.3, 0.4) is 0 Å². The second-order valence-electron chi connectivity index (χ2n) is 3.86. The maximum Gasteiger partial charge on any atom is 0.0702 e. The summed E-state index contributed by atoms with van der Waals surface area (Å²) in [5.74, 6) is 0. The summed E-state index contributed by atoms with van der Waals surface area (Å²) in [5, 5.41) is 12.8. The van der Waals surface area contributed by atoms with E-state index in [9.17, 15) is 5.11 Å². The molecule has 0 aliphatic rings. The van der Waals surface area contributed by atoms with Gasteiger partial charge in [-0.05, 0) is 41.2 Å². The molecule has 0 saturated heterocycles. The van der Waals surface area contributed by atoms with Gasteiger partial charge in [0.1, 0.15) is 0 Å². The van der Waals surface area contributed by atoms with Crippen molar-refractivity contribution in [2.75, 3.05) is 32.8 Å². The lowest BCUT2D eigenvalue weighted by molar-refractivity contribution is 0.235. The molecular formula is C12H21BrN2OS. The van der Waals surface area contributed by atoms with E-state index in [1.54, 1.807) is 11.3 Å². The number of likely N-dealkylation sites (N-methyl/N-ethyl adjacent to an activating group) is 1. The zero-order chi connectivity index (χ0) is 12.7. The van der Waals surface area contributed by atoms with Crippen LogP contribution in [-0.2, 0) is 0 Å². The van der Waals surface area contributed by atoms with E-state index in [4.69, 9.17) is 0 Å². The summed E-state index contributed by atoms with van der Waals surface area (Å²) in [6.45, 7) is 8.57. The first kappa shape index (κ1) is 15.1. The van der Waals surface area contributed by atoms with Crippen molar-refractivity contribution in [1.82, 2.24) is 10.2 Å². The molecule has 5 heteroatoms. The first-order valence-corrected chi connectivity index (χ1v) is 7.64. The third kappa shape index (κ3) is 5.06. The summed E-state index contributed by atoms with van der Waals surface area (Å²) in [5.41, 5.74) is 0. The molecule has 0 fully saturated rings. The molecule has 1 atom stereocenters. The number of nitrogens with zero attached hydrogens (tertiary/aromatic N) is 1. The van der Waals surface area contributed by atoms with E-state index in [1.807, 2.05) is 6.07 Å². The van der Waals surface area contributed by atoms with E-state index in [2.05, 4.69) is 46.1 Å². The standard InChI is InChI=1S/C12H21BrN2OS/c1-3-15(4-2)8-7-14-10(9-16)11-5-6-12(13)17-11/h5-6,10,14,16H,3-4,7-9H2,1-2H3. The van der Waals surface area contributed by atoms with Crippen molar-refractivity contribution in [1.29, 1.82) is 0 Å². The molecule has 17 heavy (non-hydrogen) atoms. The molecule has 1 heterocycles. The third-order valence-electron chi connectivity index (χ3n) is 2.83. The van der Waals surface area contributed by atoms with E-state index in [-0.39, 0.29) is 12.6 Å². The first-order chi connectivity index (χ1) is 8.21. The van der Waals surface area contributed by atoms with E-state index in [0.29, 0.717) is 0 Å². The van der Waals surface area contributed by atoms with Crippen LogP contribution in [-0.4, -0.2) is 42.8 Å². The molecule has 0 aromatic carbocycles. The third-order valence-corrected chi connectivity index (χ3v) is 4.57. The number of hydrogen-bond acceptors (Lipinski definition) is 4. The van der Waals surface area contributed by atoms with Crippen molar-refractivity contribution >= 4 is 27.3 Å². The van der Waals surface area contributed by atoms with Gasteiger partial charge in [0.25, 0.3) is 0 Å². The van der Waals surface area contributed by atoms with Crippen molar-refractivity contribution < 1.29 is 5.11 Å². The minimum Gasteiger partial charge on any atom is -0.394 e. The Morgan fingerprint density at radius 2 is 2.12 bits per heavy atom. The molecule has 1 rings (SSSR count). The zero-order valence-electron chi connectivity index (χ0n) is 10.4. The van der Waals surface area contributed by atoms with Crippen LogP contribution in [0.25, 0.3) is 0 Å². The topological polar surface area (TPSA) is 35.5 Å². The molecule has 0 aliphatic heterocycles. The van der Waals surface area contributed by atoms with Gasteiger partial charge in [-0.1, -0.05) is 13.8 Å². The summed E-state index contributed by atoms with van der Waals surface area (Å²) in [7, 11) is 0. The number of hydrogen-bond donors (Lipinski definition) is 2. The van der Waals surface area contributed by atoms with Gasteiger partial charge in [0.05, 0.1) is 16.4 Å². The van der Waals surface area contributed by atoms with Crippen molar-refractivity contribution in [3.63, 3.8) is 0 Å². The molecule has 1 aromatic rings. The highest BCUT2D eigenvalue weighted by Crippen LogP contribution is 2.26. The van der Waals surface area contributed by atoms with Gasteiger partial charge in [0.15, 0.2) is 0 Å². The molecule has 0 radical (unpaired) electrons. The van der Waals surface area contributed by atoms with Crippen molar-refractivity contribution in [3.05, 3.63) is 20.8 Å². The van der Waals surface area contributed by atoms with Gasteiger partial charge in [-0.25, -0.2) is 0 Å². The smallest absolute Gasteiger partial charge is 0.0702 e. The summed E-state index contributed by atoms with van der Waals surface area (Å²) in [4.78, 5) is 3.55. The Hall–Kier alpha value is 0.0600. The molecule has 0 aliphatic carbocycles. The highest BCUT2D eigenvalue weighted by Gasteiger charge is 2.12. The van der Waals surface area contributed by atoms with Gasteiger partial charge in [0.2, 0.25) is 0 Å². The molecule has 3 nitrogen and oxygen atoms in total. The van der Waals surface area contributed by atoms with Gasteiger partial charge in [-0.3, -0.25) is 0 Å². The van der Waals surface area contributed by atoms with Crippen LogP contribution < -0.4 is 5.32 Å². The Labute approximate surface area is 116 Å². The Morgan fingerprint density at radius 1 is 1.41 bits per heavy atom. The van der Waals surface area contributed by atoms with Crippen LogP contribution in [0.2, 0.25) is 0 Å². The number of rotatable bonds is 8. The lowest BCUT2D eigenvalue weighted by Crippen LogP contribution is -2.34. The lowest BCUT2D eigenvalue weighted by atomic mass is 10.2. The number of aliphatic hydroxyl groups excluding tert-OH is 1. The molecule has 0 amide bonds. The van der Waals surface area contributed by atoms with Crippen LogP contribution in [0.4, 0.5) is 0 Å². The number of nitrogens with one attached hydrogen (secondary N) is 1. The van der Waals surface area contributed by atoms with Crippen LogP contribution >= 0.6 is 27.3 Å². The fourth-order valence-corrected chi connectivity index (χ4v) is 3.20. The molecule has 0 spiro atoms. The lowest BCUT2D eigenvalue weighted by Gasteiger charge is -2.20. The normalized spacial score (nSPS) is 13.2. The first-order valence-electron chi connectivity index (χ1n) is 6.03. The molecule has 0 saturated carbocycles. The summed E-state index contributed by atoms with van der Waals surface area (Å²) >= 11 is 5.12. The van der Waals surface area contributed by atoms with Gasteiger partial charge in [-0.2, -0.15) is 0 Å². The van der Waals surface area contributed by atoms with Gasteiger partial charge in [-0.15, -0.1) is 11.3 Å². The van der Waals surface area contributed by atoms with Crippen LogP contribution in [0.1, 0.15) is 24.8 Å². The van der Waals surface area contributed by atoms with Gasteiger partial charge >= 0.3 is 0 Å². The van der Waals surface area contributed by atoms with E-state index >= 15 is 0 Å². The highest BCUT2D eigenvalue weighted by atomic mass is 79.9. The second-order valence-corrected chi connectivity index (χ2v) is 6.35. The fraction of sp³-hybridized carbons (Fsp3) is 0.667. The number of thiophene rings is 1. The van der Waals surface area contributed by atoms with Crippen molar-refractivity contribution in [2.24, 2.45) is 0 Å². The van der Waals surface area contributed by atoms with Gasteiger partial charge in [0, 0.05) is 18.0 Å². The number of halogens is 1. The molecular weight excluding hydrogens is 300 g/mol. The average molecular weight is 321 g/mol. The molecule has 98 valence electrons. The molecule has 1 aromatic heterocycles. The second kappa shape index (κ2) is 8.21. The van der Waals surface area contributed by atoms with Crippen LogP contribution in [0.15, 0.2) is 15.9 Å². The minimum absolute atomic E-state index is 0.0573. The van der Waals surface area contributed by atoms with Gasteiger partial charge < -0.3 is 15.3 Å². The van der Waals surface area contributed by atoms with Crippen LogP contribution in [0, 0.1) is 0 Å². The fourth-order valence-electron chi connectivity index (χ4n) is 1.71. The zero-order valence-corrected chi connectivity index (χ0v) is 12.9. The molecule has 1 unspecified atom stereocenters. The van der Waals surface area contributed by atoms with Crippen molar-refractivity contribution in [3.8, 4) is 0 Å². The largest absolute Gasteiger partial charge is 0.394 e. The Kier molecular flexibility index (Phi) is 7.30. The highest BCUT2D eigenvalue weighted by molar-refractivity contribution is 9.11. The Morgan fingerprint density at radius 3 is 2.59 bits per heavy atom. The average Bonchev–Trinajstić information content (AvgIpc) is 2.76. The van der Waals surface area contributed by atoms with E-state index in [0.717, 1.165) is 30.0 Å². The minimum atomic E-state index is 0.0573. The predicted molar refractivity (Wildman–Crippen MR) is 77.6 cm³/mol. The molecule has 2 N–H and O–H groups in total. The van der Waals surface area contributed by atoms with Crippen molar-refractivity contribution in [2.45, 2.75) is 19.9 Å². The maximum atomic E-state index is 9.38.